The lowest BCUT2D eigenvalue weighted by atomic mass is 10.2. The predicted octanol–water partition coefficient (Wildman–Crippen LogP) is 2.77. The summed E-state index contributed by atoms with van der Waals surface area (Å²) in [4.78, 5) is 14.6. The highest BCUT2D eigenvalue weighted by Gasteiger charge is 2.21. The fraction of sp³-hybridized carbons (Fsp3) is 0.312. The molecule has 22 heavy (non-hydrogen) atoms. The minimum atomic E-state index is -0.193. The van der Waals surface area contributed by atoms with Crippen LogP contribution < -0.4 is 5.32 Å². The van der Waals surface area contributed by atoms with Gasteiger partial charge in [-0.2, -0.15) is 0 Å². The number of nitrogens with zero attached hydrogens (tertiary/aromatic N) is 3. The number of hydrogen-bond acceptors (Lipinski definition) is 4. The molecule has 3 aromatic heterocycles. The number of pyridine rings is 1. The summed E-state index contributed by atoms with van der Waals surface area (Å²) in [6.07, 6.45) is 5.33. The Bertz CT molecular complexity index is 829. The molecule has 6 heteroatoms. The molecule has 1 aliphatic rings. The summed E-state index contributed by atoms with van der Waals surface area (Å²) in [5.41, 5.74) is 2.13. The van der Waals surface area contributed by atoms with E-state index in [1.807, 2.05) is 41.8 Å². The third-order valence-corrected chi connectivity index (χ3v) is 5.28. The van der Waals surface area contributed by atoms with Crippen LogP contribution in [0.3, 0.4) is 0 Å². The molecule has 0 fully saturated rings. The van der Waals surface area contributed by atoms with E-state index in [1.54, 1.807) is 11.3 Å². The molecular formula is C16H16N4OS. The van der Waals surface area contributed by atoms with Crippen molar-refractivity contribution in [1.82, 2.24) is 19.9 Å². The fourth-order valence-corrected chi connectivity index (χ4v) is 4.09. The molecule has 0 bridgehead atoms. The van der Waals surface area contributed by atoms with Crippen LogP contribution in [-0.2, 0) is 12.8 Å². The minimum absolute atomic E-state index is 0.0282. The number of fused-ring (bicyclic) bond motifs is 2. The average Bonchev–Trinajstić information content (AvgIpc) is 3.20. The second-order valence-corrected chi connectivity index (χ2v) is 6.73. The lowest BCUT2D eigenvalue weighted by Gasteiger charge is -2.11. The molecule has 0 saturated heterocycles. The number of nitrogens with one attached hydrogen (secondary N) is 1. The van der Waals surface area contributed by atoms with Gasteiger partial charge < -0.3 is 5.32 Å². The van der Waals surface area contributed by atoms with E-state index in [0.717, 1.165) is 29.2 Å². The molecule has 5 nitrogen and oxygen atoms in total. The number of hydrogen-bond donors (Lipinski definition) is 1. The van der Waals surface area contributed by atoms with Gasteiger partial charge in [-0.25, -0.2) is 0 Å². The van der Waals surface area contributed by atoms with Crippen LogP contribution in [0.1, 0.15) is 45.3 Å². The highest BCUT2D eigenvalue weighted by atomic mass is 32.1. The van der Waals surface area contributed by atoms with Gasteiger partial charge in [-0.1, -0.05) is 6.07 Å². The molecule has 3 aromatic rings. The van der Waals surface area contributed by atoms with E-state index >= 15 is 0 Å². The Kier molecular flexibility index (Phi) is 3.18. The van der Waals surface area contributed by atoms with Gasteiger partial charge in [-0.15, -0.1) is 21.5 Å². The summed E-state index contributed by atoms with van der Waals surface area (Å²) in [6, 6.07) is 7.59. The molecule has 112 valence electrons. The van der Waals surface area contributed by atoms with Crippen molar-refractivity contribution in [2.24, 2.45) is 0 Å². The van der Waals surface area contributed by atoms with Gasteiger partial charge in [0, 0.05) is 11.1 Å². The van der Waals surface area contributed by atoms with Crippen LogP contribution >= 0.6 is 11.3 Å². The van der Waals surface area contributed by atoms with Gasteiger partial charge in [0.2, 0.25) is 0 Å². The number of aryl methyl sites for hydroxylation is 2. The van der Waals surface area contributed by atoms with Crippen molar-refractivity contribution >= 4 is 22.9 Å². The SMILES string of the molecule is C[C@H](NC(=O)c1cc2c(s1)CCC2)c1nnc2ccccn12. The van der Waals surface area contributed by atoms with Gasteiger partial charge in [0.1, 0.15) is 0 Å². The van der Waals surface area contributed by atoms with Crippen LogP contribution in [-0.4, -0.2) is 20.5 Å². The normalized spacial score (nSPS) is 15.0. The Balaban J connectivity index is 1.55. The molecule has 0 saturated carbocycles. The Morgan fingerprint density at radius 2 is 2.27 bits per heavy atom. The van der Waals surface area contributed by atoms with Gasteiger partial charge in [0.15, 0.2) is 11.5 Å². The molecule has 3 heterocycles. The lowest BCUT2D eigenvalue weighted by Crippen LogP contribution is -2.27. The molecule has 1 atom stereocenters. The van der Waals surface area contributed by atoms with E-state index < -0.39 is 0 Å². The second-order valence-electron chi connectivity index (χ2n) is 5.59. The first-order valence-electron chi connectivity index (χ1n) is 7.44. The monoisotopic (exact) mass is 312 g/mol. The molecule has 1 amide bonds. The number of carbonyl (C=O) groups excluding carboxylic acids is 1. The number of carbonyl (C=O) groups is 1. The largest absolute Gasteiger partial charge is 0.342 e. The average molecular weight is 312 g/mol. The summed E-state index contributed by atoms with van der Waals surface area (Å²) in [6.45, 7) is 1.93. The smallest absolute Gasteiger partial charge is 0.261 e. The Morgan fingerprint density at radius 3 is 3.14 bits per heavy atom. The first-order valence-corrected chi connectivity index (χ1v) is 8.26. The van der Waals surface area contributed by atoms with Crippen molar-refractivity contribution < 1.29 is 4.79 Å². The fourth-order valence-electron chi connectivity index (χ4n) is 2.93. The van der Waals surface area contributed by atoms with E-state index in [4.69, 9.17) is 0 Å². The molecule has 0 aliphatic heterocycles. The third kappa shape index (κ3) is 2.20. The van der Waals surface area contributed by atoms with Crippen molar-refractivity contribution in [3.05, 3.63) is 51.6 Å². The molecule has 0 radical (unpaired) electrons. The molecule has 0 aromatic carbocycles. The van der Waals surface area contributed by atoms with E-state index in [0.29, 0.717) is 0 Å². The Labute approximate surface area is 132 Å². The molecule has 1 N–H and O–H groups in total. The molecule has 4 rings (SSSR count). The predicted molar refractivity (Wildman–Crippen MR) is 85.2 cm³/mol. The highest BCUT2D eigenvalue weighted by molar-refractivity contribution is 7.14. The van der Waals surface area contributed by atoms with Gasteiger partial charge in [0.25, 0.3) is 5.91 Å². The van der Waals surface area contributed by atoms with Crippen LogP contribution in [0.5, 0.6) is 0 Å². The van der Waals surface area contributed by atoms with E-state index in [2.05, 4.69) is 15.5 Å². The Morgan fingerprint density at radius 1 is 1.36 bits per heavy atom. The van der Waals surface area contributed by atoms with Gasteiger partial charge in [-0.3, -0.25) is 9.20 Å². The zero-order valence-electron chi connectivity index (χ0n) is 12.2. The minimum Gasteiger partial charge on any atom is -0.342 e. The first kappa shape index (κ1) is 13.5. The van der Waals surface area contributed by atoms with E-state index in [9.17, 15) is 4.79 Å². The third-order valence-electron chi connectivity index (χ3n) is 4.05. The van der Waals surface area contributed by atoms with Gasteiger partial charge in [0.05, 0.1) is 10.9 Å². The first-order chi connectivity index (χ1) is 10.7. The summed E-state index contributed by atoms with van der Waals surface area (Å²) in [7, 11) is 0. The Hall–Kier alpha value is -2.21. The number of thiophene rings is 1. The van der Waals surface area contributed by atoms with Crippen LogP contribution in [0, 0.1) is 0 Å². The van der Waals surface area contributed by atoms with Gasteiger partial charge >= 0.3 is 0 Å². The molecule has 0 unspecified atom stereocenters. The summed E-state index contributed by atoms with van der Waals surface area (Å²) in [5.74, 6) is 0.715. The van der Waals surface area contributed by atoms with E-state index in [1.165, 1.54) is 16.9 Å². The standard InChI is InChI=1S/C16H16N4OS/c1-10(15-19-18-14-7-2-3-8-20(14)15)17-16(21)13-9-11-5-4-6-12(11)22-13/h2-3,7-10H,4-6H2,1H3,(H,17,21)/t10-/m0/s1. The van der Waals surface area contributed by atoms with E-state index in [-0.39, 0.29) is 11.9 Å². The topological polar surface area (TPSA) is 59.3 Å². The number of amides is 1. The summed E-state index contributed by atoms with van der Waals surface area (Å²) >= 11 is 1.62. The van der Waals surface area contributed by atoms with Crippen LogP contribution in [0.25, 0.3) is 5.65 Å². The molecular weight excluding hydrogens is 296 g/mol. The van der Waals surface area contributed by atoms with Crippen LogP contribution in [0.4, 0.5) is 0 Å². The number of aromatic nitrogens is 3. The van der Waals surface area contributed by atoms with Crippen molar-refractivity contribution in [3.63, 3.8) is 0 Å². The maximum absolute atomic E-state index is 12.4. The number of rotatable bonds is 3. The van der Waals surface area contributed by atoms with Crippen molar-refractivity contribution in [2.45, 2.75) is 32.2 Å². The molecule has 1 aliphatic carbocycles. The summed E-state index contributed by atoms with van der Waals surface area (Å²) < 4.78 is 1.90. The zero-order chi connectivity index (χ0) is 15.1. The maximum Gasteiger partial charge on any atom is 0.261 e. The molecule has 0 spiro atoms. The second kappa shape index (κ2) is 5.21. The van der Waals surface area contributed by atoms with Crippen molar-refractivity contribution in [2.75, 3.05) is 0 Å². The van der Waals surface area contributed by atoms with Crippen molar-refractivity contribution in [1.29, 1.82) is 0 Å². The maximum atomic E-state index is 12.4. The summed E-state index contributed by atoms with van der Waals surface area (Å²) in [5, 5.41) is 11.3. The van der Waals surface area contributed by atoms with Crippen LogP contribution in [0.2, 0.25) is 0 Å². The van der Waals surface area contributed by atoms with Gasteiger partial charge in [-0.05, 0) is 49.9 Å². The zero-order valence-corrected chi connectivity index (χ0v) is 13.1. The quantitative estimate of drug-likeness (QED) is 0.809. The van der Waals surface area contributed by atoms with Crippen molar-refractivity contribution in [3.8, 4) is 0 Å². The van der Waals surface area contributed by atoms with Crippen LogP contribution in [0.15, 0.2) is 30.5 Å². The highest BCUT2D eigenvalue weighted by Crippen LogP contribution is 2.30. The lowest BCUT2D eigenvalue weighted by molar-refractivity contribution is 0.0942.